The molecule has 0 aliphatic heterocycles. The van der Waals surface area contributed by atoms with Crippen molar-refractivity contribution in [2.24, 2.45) is 0 Å². The summed E-state index contributed by atoms with van der Waals surface area (Å²) < 4.78 is 5.84. The topological polar surface area (TPSA) is 89.8 Å². The van der Waals surface area contributed by atoms with Gasteiger partial charge in [0.2, 0.25) is 5.13 Å². The lowest BCUT2D eigenvalue weighted by atomic mass is 10.0. The van der Waals surface area contributed by atoms with Crippen molar-refractivity contribution in [3.8, 4) is 16.9 Å². The van der Waals surface area contributed by atoms with Gasteiger partial charge in [-0.1, -0.05) is 54.6 Å². The molecular weight excluding hydrogens is 434 g/mol. The number of fused-ring (bicyclic) bond motifs is 1. The summed E-state index contributed by atoms with van der Waals surface area (Å²) >= 11 is 1.05. The number of carbonyl (C=O) groups excluding carboxylic acids is 2. The molecule has 0 bridgehead atoms. The van der Waals surface area contributed by atoms with E-state index in [0.717, 1.165) is 33.6 Å². The van der Waals surface area contributed by atoms with Gasteiger partial charge < -0.3 is 0 Å². The van der Waals surface area contributed by atoms with Crippen molar-refractivity contribution in [3.05, 3.63) is 90.4 Å². The first kappa shape index (κ1) is 20.7. The lowest BCUT2D eigenvalue weighted by Gasteiger charge is -2.04. The van der Waals surface area contributed by atoms with Crippen molar-refractivity contribution in [2.45, 2.75) is 13.3 Å². The normalized spacial score (nSPS) is 10.9. The Morgan fingerprint density at radius 1 is 0.970 bits per heavy atom. The van der Waals surface area contributed by atoms with Crippen LogP contribution in [0.4, 0.5) is 5.13 Å². The molecule has 0 spiro atoms. The molecule has 0 radical (unpaired) electrons. The number of benzene rings is 3. The molecule has 5 aromatic rings. The highest BCUT2D eigenvalue weighted by molar-refractivity contribution is 7.09. The van der Waals surface area contributed by atoms with Crippen LogP contribution in [-0.2, 0) is 11.2 Å². The molecule has 5 rings (SSSR count). The number of anilines is 1. The molecular formula is C25H19N5O2S. The second-order valence-corrected chi connectivity index (χ2v) is 8.33. The summed E-state index contributed by atoms with van der Waals surface area (Å²) in [6.45, 7) is 1.48. The van der Waals surface area contributed by atoms with Crippen LogP contribution in [0.2, 0.25) is 0 Å². The quantitative estimate of drug-likeness (QED) is 0.394. The van der Waals surface area contributed by atoms with Gasteiger partial charge in [0.15, 0.2) is 5.82 Å². The van der Waals surface area contributed by atoms with Gasteiger partial charge in [0, 0.05) is 23.3 Å². The molecule has 0 saturated heterocycles. The highest BCUT2D eigenvalue weighted by atomic mass is 32.1. The first-order chi connectivity index (χ1) is 16.1. The maximum Gasteiger partial charge on any atom is 0.261 e. The van der Waals surface area contributed by atoms with Crippen LogP contribution in [0.25, 0.3) is 27.7 Å². The Morgan fingerprint density at radius 3 is 2.52 bits per heavy atom. The minimum Gasteiger partial charge on any atom is -0.300 e. The maximum absolute atomic E-state index is 13.3. The molecule has 2 heterocycles. The van der Waals surface area contributed by atoms with E-state index in [1.54, 1.807) is 10.9 Å². The summed E-state index contributed by atoms with van der Waals surface area (Å²) in [7, 11) is 0. The van der Waals surface area contributed by atoms with Crippen LogP contribution in [0.1, 0.15) is 23.1 Å². The number of carbonyl (C=O) groups is 2. The van der Waals surface area contributed by atoms with E-state index in [2.05, 4.69) is 14.7 Å². The first-order valence-corrected chi connectivity index (χ1v) is 11.1. The molecule has 1 N–H and O–H groups in total. The predicted octanol–water partition coefficient (Wildman–Crippen LogP) is 4.93. The van der Waals surface area contributed by atoms with E-state index in [1.807, 2.05) is 72.8 Å². The zero-order chi connectivity index (χ0) is 22.8. The maximum atomic E-state index is 13.3. The smallest absolute Gasteiger partial charge is 0.261 e. The second kappa shape index (κ2) is 8.76. The average molecular weight is 454 g/mol. The Bertz CT molecular complexity index is 1470. The van der Waals surface area contributed by atoms with Crippen LogP contribution in [0, 0.1) is 0 Å². The van der Waals surface area contributed by atoms with E-state index in [4.69, 9.17) is 5.10 Å². The van der Waals surface area contributed by atoms with Crippen LogP contribution in [0.3, 0.4) is 0 Å². The van der Waals surface area contributed by atoms with E-state index in [1.165, 1.54) is 6.92 Å². The predicted molar refractivity (Wildman–Crippen MR) is 129 cm³/mol. The van der Waals surface area contributed by atoms with Crippen molar-refractivity contribution in [1.29, 1.82) is 0 Å². The number of Topliss-reactive ketones (excluding diaryl/α,β-unsaturated/α-hetero) is 1. The summed E-state index contributed by atoms with van der Waals surface area (Å²) in [5.41, 5.74) is 2.66. The van der Waals surface area contributed by atoms with E-state index in [-0.39, 0.29) is 18.1 Å². The van der Waals surface area contributed by atoms with Crippen LogP contribution in [0.15, 0.2) is 79.0 Å². The molecule has 0 fully saturated rings. The Balaban J connectivity index is 1.54. The molecule has 0 aliphatic rings. The monoisotopic (exact) mass is 453 g/mol. The summed E-state index contributed by atoms with van der Waals surface area (Å²) in [4.78, 5) is 28.8. The van der Waals surface area contributed by atoms with Crippen molar-refractivity contribution in [3.63, 3.8) is 0 Å². The Kier molecular flexibility index (Phi) is 5.50. The average Bonchev–Trinajstić information content (AvgIpc) is 3.46. The Morgan fingerprint density at radius 2 is 1.73 bits per heavy atom. The van der Waals surface area contributed by atoms with Gasteiger partial charge in [-0.2, -0.15) is 9.47 Å². The van der Waals surface area contributed by atoms with Crippen LogP contribution < -0.4 is 5.32 Å². The molecule has 8 heteroatoms. The Labute approximate surface area is 193 Å². The third-order valence-electron chi connectivity index (χ3n) is 5.10. The lowest BCUT2D eigenvalue weighted by molar-refractivity contribution is -0.116. The molecule has 0 saturated carbocycles. The van der Waals surface area contributed by atoms with Crippen molar-refractivity contribution in [1.82, 2.24) is 19.1 Å². The standard InChI is InChI=1S/C25H19N5O2S/c1-16(31)13-22-26-25(33-29-22)27-24(32)21-15-30(20-9-3-2-4-10-20)28-23(21)19-12-11-17-7-5-6-8-18(17)14-19/h2-12,14-15H,13H2,1H3,(H,26,27,29,32). The number of para-hydroxylation sites is 1. The molecule has 162 valence electrons. The molecule has 7 nitrogen and oxygen atoms in total. The summed E-state index contributed by atoms with van der Waals surface area (Å²) in [5, 5.41) is 10.1. The minimum atomic E-state index is -0.342. The van der Waals surface area contributed by atoms with Crippen LogP contribution in [-0.4, -0.2) is 30.8 Å². The van der Waals surface area contributed by atoms with Crippen molar-refractivity contribution >= 4 is 39.1 Å². The fourth-order valence-corrected chi connectivity index (χ4v) is 4.15. The zero-order valence-electron chi connectivity index (χ0n) is 17.7. The molecule has 33 heavy (non-hydrogen) atoms. The van der Waals surface area contributed by atoms with Gasteiger partial charge in [0.1, 0.15) is 11.5 Å². The third kappa shape index (κ3) is 4.42. The first-order valence-electron chi connectivity index (χ1n) is 10.3. The van der Waals surface area contributed by atoms with Crippen LogP contribution in [0.5, 0.6) is 0 Å². The molecule has 2 aromatic heterocycles. The molecule has 1 amide bonds. The van der Waals surface area contributed by atoms with E-state index in [9.17, 15) is 9.59 Å². The fraction of sp³-hybridized carbons (Fsp3) is 0.0800. The van der Waals surface area contributed by atoms with Gasteiger partial charge >= 0.3 is 0 Å². The summed E-state index contributed by atoms with van der Waals surface area (Å²) in [5.74, 6) is 0.0248. The largest absolute Gasteiger partial charge is 0.300 e. The van der Waals surface area contributed by atoms with Crippen molar-refractivity contribution < 1.29 is 9.59 Å². The number of nitrogens with zero attached hydrogens (tertiary/aromatic N) is 4. The number of ketones is 1. The SMILES string of the molecule is CC(=O)Cc1nsc(NC(=O)c2cn(-c3ccccc3)nc2-c2ccc3ccccc3c2)n1. The van der Waals surface area contributed by atoms with Gasteiger partial charge in [0.05, 0.1) is 17.7 Å². The number of rotatable bonds is 6. The van der Waals surface area contributed by atoms with Crippen molar-refractivity contribution in [2.75, 3.05) is 5.32 Å². The zero-order valence-corrected chi connectivity index (χ0v) is 18.5. The third-order valence-corrected chi connectivity index (χ3v) is 5.77. The number of amides is 1. The van der Waals surface area contributed by atoms with E-state index < -0.39 is 0 Å². The van der Waals surface area contributed by atoms with E-state index >= 15 is 0 Å². The molecule has 0 atom stereocenters. The number of hydrogen-bond acceptors (Lipinski definition) is 6. The van der Waals surface area contributed by atoms with Crippen LogP contribution >= 0.6 is 11.5 Å². The highest BCUT2D eigenvalue weighted by Gasteiger charge is 2.20. The molecule has 0 unspecified atom stereocenters. The van der Waals surface area contributed by atoms with Gasteiger partial charge in [-0.3, -0.25) is 14.9 Å². The molecule has 0 aliphatic carbocycles. The highest BCUT2D eigenvalue weighted by Crippen LogP contribution is 2.28. The van der Waals surface area contributed by atoms with Gasteiger partial charge in [-0.05, 0) is 35.9 Å². The second-order valence-electron chi connectivity index (χ2n) is 7.58. The molecule has 3 aromatic carbocycles. The summed E-state index contributed by atoms with van der Waals surface area (Å²) in [6.07, 6.45) is 1.85. The van der Waals surface area contributed by atoms with Gasteiger partial charge in [-0.15, -0.1) is 0 Å². The minimum absolute atomic E-state index is 0.0339. The lowest BCUT2D eigenvalue weighted by Crippen LogP contribution is -2.12. The summed E-state index contributed by atoms with van der Waals surface area (Å²) in [6, 6.07) is 23.7. The number of nitrogens with one attached hydrogen (secondary N) is 1. The van der Waals surface area contributed by atoms with E-state index in [0.29, 0.717) is 22.2 Å². The number of hydrogen-bond donors (Lipinski definition) is 1. The fourth-order valence-electron chi connectivity index (χ4n) is 3.57. The van der Waals surface area contributed by atoms with Gasteiger partial charge in [-0.25, -0.2) is 9.67 Å². The Hall–Kier alpha value is -4.17. The number of aromatic nitrogens is 4. The van der Waals surface area contributed by atoms with Gasteiger partial charge in [0.25, 0.3) is 5.91 Å².